The Labute approximate surface area is 136 Å². The van der Waals surface area contributed by atoms with Crippen LogP contribution in [0.2, 0.25) is 0 Å². The van der Waals surface area contributed by atoms with Crippen LogP contribution in [0.15, 0.2) is 36.5 Å². The number of hydrogen-bond acceptors (Lipinski definition) is 3. The predicted molar refractivity (Wildman–Crippen MR) is 79.3 cm³/mol. The Kier molecular flexibility index (Phi) is 4.31. The minimum atomic E-state index is -4.46. The molecule has 1 amide bonds. The number of amides is 1. The van der Waals surface area contributed by atoms with Gasteiger partial charge < -0.3 is 10.4 Å². The number of aliphatic hydroxyl groups is 1. The maximum atomic E-state index is 12.5. The number of halogens is 3. The molecule has 1 aromatic heterocycles. The third-order valence-electron chi connectivity index (χ3n) is 3.94. The molecule has 1 heterocycles. The number of carbonyl (C=O) groups is 1. The minimum Gasteiger partial charge on any atom is -0.393 e. The molecule has 2 N–H and O–H groups in total. The first-order valence-corrected chi connectivity index (χ1v) is 7.50. The van der Waals surface area contributed by atoms with Gasteiger partial charge in [0.1, 0.15) is 0 Å². The van der Waals surface area contributed by atoms with E-state index < -0.39 is 11.9 Å². The molecule has 3 rings (SSSR count). The van der Waals surface area contributed by atoms with Crippen LogP contribution in [0.25, 0.3) is 0 Å². The van der Waals surface area contributed by atoms with Crippen LogP contribution in [0.4, 0.5) is 13.2 Å². The Morgan fingerprint density at radius 2 is 1.92 bits per heavy atom. The van der Waals surface area contributed by atoms with Gasteiger partial charge in [-0.1, -0.05) is 12.1 Å². The SMILES string of the molecule is O=C(NC1CC(O)C1)c1ccc(Cn2ccc(C(F)(F)F)n2)cc1. The number of carbonyl (C=O) groups excluding carboxylic acids is 1. The molecule has 5 nitrogen and oxygen atoms in total. The first-order chi connectivity index (χ1) is 11.3. The van der Waals surface area contributed by atoms with Crippen LogP contribution < -0.4 is 5.32 Å². The smallest absolute Gasteiger partial charge is 0.393 e. The summed E-state index contributed by atoms with van der Waals surface area (Å²) in [5.74, 6) is -0.225. The first kappa shape index (κ1) is 16.5. The van der Waals surface area contributed by atoms with Crippen molar-refractivity contribution in [2.75, 3.05) is 0 Å². The first-order valence-electron chi connectivity index (χ1n) is 7.50. The van der Waals surface area contributed by atoms with Crippen molar-refractivity contribution in [3.05, 3.63) is 53.3 Å². The Morgan fingerprint density at radius 3 is 2.46 bits per heavy atom. The highest BCUT2D eigenvalue weighted by Gasteiger charge is 2.33. The van der Waals surface area contributed by atoms with Gasteiger partial charge in [0.25, 0.3) is 5.91 Å². The number of alkyl halides is 3. The molecule has 0 unspecified atom stereocenters. The highest BCUT2D eigenvalue weighted by atomic mass is 19.4. The highest BCUT2D eigenvalue weighted by Crippen LogP contribution is 2.27. The Bertz CT molecular complexity index is 719. The summed E-state index contributed by atoms with van der Waals surface area (Å²) < 4.78 is 38.7. The molecular weight excluding hydrogens is 323 g/mol. The molecule has 1 aliphatic rings. The van der Waals surface area contributed by atoms with Gasteiger partial charge in [0.05, 0.1) is 12.6 Å². The van der Waals surface area contributed by atoms with Gasteiger partial charge in [0, 0.05) is 17.8 Å². The lowest BCUT2D eigenvalue weighted by molar-refractivity contribution is -0.141. The van der Waals surface area contributed by atoms with E-state index in [9.17, 15) is 23.1 Å². The number of hydrogen-bond donors (Lipinski definition) is 2. The largest absolute Gasteiger partial charge is 0.435 e. The van der Waals surface area contributed by atoms with E-state index in [4.69, 9.17) is 0 Å². The van der Waals surface area contributed by atoms with E-state index in [0.717, 1.165) is 11.6 Å². The van der Waals surface area contributed by atoms with E-state index in [1.807, 2.05) is 0 Å². The Hall–Kier alpha value is -2.35. The molecule has 0 bridgehead atoms. The van der Waals surface area contributed by atoms with Crippen molar-refractivity contribution in [3.63, 3.8) is 0 Å². The monoisotopic (exact) mass is 339 g/mol. The van der Waals surface area contributed by atoms with Crippen LogP contribution >= 0.6 is 0 Å². The molecule has 1 aromatic carbocycles. The number of aromatic nitrogens is 2. The van der Waals surface area contributed by atoms with Gasteiger partial charge in [-0.3, -0.25) is 9.48 Å². The number of nitrogens with zero attached hydrogens (tertiary/aromatic N) is 2. The summed E-state index contributed by atoms with van der Waals surface area (Å²) in [5.41, 5.74) is 0.278. The number of aliphatic hydroxyl groups excluding tert-OH is 1. The van der Waals surface area contributed by atoms with Gasteiger partial charge in [-0.05, 0) is 36.6 Å². The van der Waals surface area contributed by atoms with Crippen LogP contribution in [0.5, 0.6) is 0 Å². The van der Waals surface area contributed by atoms with Crippen LogP contribution in [-0.4, -0.2) is 32.9 Å². The molecule has 1 aliphatic carbocycles. The molecule has 0 spiro atoms. The van der Waals surface area contributed by atoms with E-state index in [2.05, 4.69) is 10.4 Å². The van der Waals surface area contributed by atoms with Crippen molar-refractivity contribution < 1.29 is 23.1 Å². The number of rotatable bonds is 4. The lowest BCUT2D eigenvalue weighted by Gasteiger charge is -2.31. The topological polar surface area (TPSA) is 67.2 Å². The zero-order valence-corrected chi connectivity index (χ0v) is 12.6. The molecule has 0 aliphatic heterocycles. The van der Waals surface area contributed by atoms with Gasteiger partial charge in [0.2, 0.25) is 0 Å². The van der Waals surface area contributed by atoms with E-state index in [0.29, 0.717) is 18.4 Å². The molecule has 8 heteroatoms. The second-order valence-electron chi connectivity index (χ2n) is 5.89. The zero-order valence-electron chi connectivity index (χ0n) is 12.6. The van der Waals surface area contributed by atoms with Crippen LogP contribution in [0, 0.1) is 0 Å². The Balaban J connectivity index is 1.60. The summed E-state index contributed by atoms with van der Waals surface area (Å²) in [7, 11) is 0. The van der Waals surface area contributed by atoms with E-state index in [-0.39, 0.29) is 24.6 Å². The van der Waals surface area contributed by atoms with Gasteiger partial charge in [0.15, 0.2) is 5.69 Å². The average molecular weight is 339 g/mol. The van der Waals surface area contributed by atoms with E-state index in [1.54, 1.807) is 24.3 Å². The maximum absolute atomic E-state index is 12.5. The molecule has 0 atom stereocenters. The fourth-order valence-electron chi connectivity index (χ4n) is 2.52. The molecule has 128 valence electrons. The van der Waals surface area contributed by atoms with Gasteiger partial charge >= 0.3 is 6.18 Å². The average Bonchev–Trinajstić information content (AvgIpc) is 2.95. The fourth-order valence-corrected chi connectivity index (χ4v) is 2.52. The molecule has 1 saturated carbocycles. The van der Waals surface area contributed by atoms with Crippen molar-refractivity contribution in [3.8, 4) is 0 Å². The van der Waals surface area contributed by atoms with E-state index in [1.165, 1.54) is 10.9 Å². The lowest BCUT2D eigenvalue weighted by atomic mass is 9.89. The molecular formula is C16H16F3N3O2. The van der Waals surface area contributed by atoms with Crippen molar-refractivity contribution >= 4 is 5.91 Å². The lowest BCUT2D eigenvalue weighted by Crippen LogP contribution is -2.46. The van der Waals surface area contributed by atoms with E-state index >= 15 is 0 Å². The third-order valence-corrected chi connectivity index (χ3v) is 3.94. The number of nitrogens with one attached hydrogen (secondary N) is 1. The summed E-state index contributed by atoms with van der Waals surface area (Å²) in [4.78, 5) is 12.0. The molecule has 0 radical (unpaired) electrons. The van der Waals surface area contributed by atoms with Crippen molar-refractivity contribution in [2.24, 2.45) is 0 Å². The van der Waals surface area contributed by atoms with Crippen LogP contribution in [0.3, 0.4) is 0 Å². The summed E-state index contributed by atoms with van der Waals surface area (Å²) in [6, 6.07) is 7.52. The second kappa shape index (κ2) is 6.27. The third kappa shape index (κ3) is 3.76. The molecule has 0 saturated heterocycles. The maximum Gasteiger partial charge on any atom is 0.435 e. The second-order valence-corrected chi connectivity index (χ2v) is 5.89. The fraction of sp³-hybridized carbons (Fsp3) is 0.375. The van der Waals surface area contributed by atoms with Crippen LogP contribution in [-0.2, 0) is 12.7 Å². The van der Waals surface area contributed by atoms with Crippen LogP contribution in [0.1, 0.15) is 34.5 Å². The summed E-state index contributed by atoms with van der Waals surface area (Å²) in [6.45, 7) is 0.187. The standard InChI is InChI=1S/C16H16F3N3O2/c17-16(18,19)14-5-6-22(21-14)9-10-1-3-11(4-2-10)15(24)20-12-7-13(23)8-12/h1-6,12-13,23H,7-9H2,(H,20,24). The molecule has 24 heavy (non-hydrogen) atoms. The van der Waals surface area contributed by atoms with Crippen molar-refractivity contribution in [1.29, 1.82) is 0 Å². The summed E-state index contributed by atoms with van der Waals surface area (Å²) in [6.07, 6.45) is -2.41. The quantitative estimate of drug-likeness (QED) is 0.897. The van der Waals surface area contributed by atoms with Crippen molar-refractivity contribution in [2.45, 2.75) is 37.7 Å². The minimum absolute atomic E-state index is 0.00274. The Morgan fingerprint density at radius 1 is 1.25 bits per heavy atom. The predicted octanol–water partition coefficient (Wildman–Crippen LogP) is 2.20. The van der Waals surface area contributed by atoms with Crippen molar-refractivity contribution in [1.82, 2.24) is 15.1 Å². The summed E-state index contributed by atoms with van der Waals surface area (Å²) in [5, 5.41) is 15.5. The number of benzene rings is 1. The zero-order chi connectivity index (χ0) is 17.3. The normalized spacial score (nSPS) is 20.5. The summed E-state index contributed by atoms with van der Waals surface area (Å²) >= 11 is 0. The molecule has 1 fully saturated rings. The molecule has 2 aromatic rings. The van der Waals surface area contributed by atoms with Gasteiger partial charge in [-0.2, -0.15) is 18.3 Å². The van der Waals surface area contributed by atoms with Gasteiger partial charge in [-0.15, -0.1) is 0 Å². The van der Waals surface area contributed by atoms with Gasteiger partial charge in [-0.25, -0.2) is 0 Å². The highest BCUT2D eigenvalue weighted by molar-refractivity contribution is 5.94.